The summed E-state index contributed by atoms with van der Waals surface area (Å²) in [5, 5.41) is 3.03. The van der Waals surface area contributed by atoms with E-state index in [4.69, 9.17) is 83.8 Å². The lowest BCUT2D eigenvalue weighted by molar-refractivity contribution is -0.153. The average Bonchev–Trinajstić information content (AvgIpc) is 1.69. The molecular formula is C78H93Cl6N9O6. The molecule has 0 spiro atoms. The van der Waals surface area contributed by atoms with Crippen LogP contribution in [-0.4, -0.2) is 234 Å². The fraction of sp³-hybridized carbons (Fsp3) is 0.500. The molecule has 0 aromatic heterocycles. The first-order valence-electron chi connectivity index (χ1n) is 35.8. The van der Waals surface area contributed by atoms with Gasteiger partial charge in [0, 0.05) is 58.9 Å². The van der Waals surface area contributed by atoms with E-state index in [0.29, 0.717) is 89.0 Å². The summed E-state index contributed by atoms with van der Waals surface area (Å²) in [7, 11) is 0. The number of hydrogen-bond donors (Lipinski definition) is 0. The van der Waals surface area contributed by atoms with E-state index in [1.165, 1.54) is 55.2 Å². The molecule has 15 rings (SSSR count). The summed E-state index contributed by atoms with van der Waals surface area (Å²) < 4.78 is 18.5. The molecule has 0 N–H and O–H groups in total. The first kappa shape index (κ1) is 72.5. The summed E-state index contributed by atoms with van der Waals surface area (Å²) >= 11 is 36.9. The van der Waals surface area contributed by atoms with E-state index < -0.39 is 0 Å². The number of fused-ring (bicyclic) bond motifs is 3. The van der Waals surface area contributed by atoms with Gasteiger partial charge >= 0.3 is 0 Å². The molecule has 0 radical (unpaired) electrons. The van der Waals surface area contributed by atoms with Crippen molar-refractivity contribution >= 4 is 87.3 Å². The zero-order chi connectivity index (χ0) is 68.4. The highest BCUT2D eigenvalue weighted by Gasteiger charge is 2.51. The fourth-order valence-electron chi connectivity index (χ4n) is 17.0. The fourth-order valence-corrected chi connectivity index (χ4v) is 18.0. The van der Waals surface area contributed by atoms with Crippen molar-refractivity contribution in [2.24, 2.45) is 0 Å². The highest BCUT2D eigenvalue weighted by molar-refractivity contribution is 6.43. The number of likely N-dealkylation sites (tertiary alicyclic amines) is 3. The summed E-state index contributed by atoms with van der Waals surface area (Å²) in [5.74, 6) is 0.483. The lowest BCUT2D eigenvalue weighted by Gasteiger charge is -2.54. The number of piperazine rings is 3. The Morgan fingerprint density at radius 3 is 0.798 bits per heavy atom. The number of hydrogen-bond acceptors (Lipinski definition) is 12. The van der Waals surface area contributed by atoms with Crippen molar-refractivity contribution < 1.29 is 28.6 Å². The van der Waals surface area contributed by atoms with Crippen LogP contribution in [0.25, 0.3) is 0 Å². The summed E-state index contributed by atoms with van der Waals surface area (Å²) in [4.78, 5) is 62.5. The molecule has 99 heavy (non-hydrogen) atoms. The van der Waals surface area contributed by atoms with E-state index in [0.717, 1.165) is 115 Å². The summed E-state index contributed by atoms with van der Waals surface area (Å²) in [6, 6.07) is 49.9. The Kier molecular flexibility index (Phi) is 25.3. The van der Waals surface area contributed by atoms with Crippen molar-refractivity contribution in [2.75, 3.05) is 118 Å². The van der Waals surface area contributed by atoms with Gasteiger partial charge in [0.1, 0.15) is 0 Å². The van der Waals surface area contributed by atoms with Crippen LogP contribution in [0.4, 0.5) is 0 Å². The van der Waals surface area contributed by atoms with Gasteiger partial charge in [0.15, 0.2) is 0 Å². The SMILES string of the molecule is O=C(Cc1ccc(Cl)c(Cl)c1)N1CCN(Cc2ccccc2)[C@@H]2COC[C@H](N3CCCC3)[C@H]21.O=C(Cc1ccc(Cl)c(Cl)c1)N1CCN(Cc2ccccc2)[C@@H]2COC[C@H](N3CCCC3)[C@H]21.O=C(Cc1ccc(Cl)c(Cl)c1)N1CCN(Cc2ccccc2)[C@H]2COC[C@@H](N3CCCC3)[C@@H]21. The predicted octanol–water partition coefficient (Wildman–Crippen LogP) is 12.3. The molecule has 6 aromatic carbocycles. The van der Waals surface area contributed by atoms with E-state index in [9.17, 15) is 14.4 Å². The number of carbonyl (C=O) groups is 3. The van der Waals surface area contributed by atoms with Gasteiger partial charge < -0.3 is 28.9 Å². The van der Waals surface area contributed by atoms with Crippen molar-refractivity contribution in [3.05, 3.63) is 209 Å². The molecule has 0 unspecified atom stereocenters. The Labute approximate surface area is 614 Å². The normalized spacial score (nSPS) is 26.4. The van der Waals surface area contributed by atoms with E-state index in [1.54, 1.807) is 18.2 Å². The van der Waals surface area contributed by atoms with E-state index in [-0.39, 0.29) is 72.1 Å². The number of halogens is 6. The molecule has 0 saturated carbocycles. The molecule has 9 fully saturated rings. The molecule has 9 heterocycles. The molecule has 9 saturated heterocycles. The minimum atomic E-state index is 0.129. The van der Waals surface area contributed by atoms with Crippen LogP contribution >= 0.6 is 69.6 Å². The average molecular weight is 1470 g/mol. The lowest BCUT2D eigenvalue weighted by atomic mass is 9.90. The van der Waals surface area contributed by atoms with Crippen LogP contribution in [0.5, 0.6) is 0 Å². The smallest absolute Gasteiger partial charge is 0.227 e. The molecule has 15 nitrogen and oxygen atoms in total. The Balaban J connectivity index is 0.000000133. The van der Waals surface area contributed by atoms with E-state index >= 15 is 0 Å². The van der Waals surface area contributed by atoms with Crippen molar-refractivity contribution in [3.8, 4) is 0 Å². The van der Waals surface area contributed by atoms with Crippen LogP contribution in [0.2, 0.25) is 30.1 Å². The molecule has 6 aromatic rings. The van der Waals surface area contributed by atoms with Gasteiger partial charge in [-0.1, -0.05) is 179 Å². The number of ether oxygens (including phenoxy) is 3. The molecule has 9 atom stereocenters. The van der Waals surface area contributed by atoms with E-state index in [1.807, 2.05) is 36.4 Å². The number of rotatable bonds is 15. The summed E-state index contributed by atoms with van der Waals surface area (Å²) in [5.41, 5.74) is 6.62. The molecule has 9 aliphatic heterocycles. The molecule has 528 valence electrons. The van der Waals surface area contributed by atoms with Crippen LogP contribution in [0.3, 0.4) is 0 Å². The third-order valence-electron chi connectivity index (χ3n) is 22.0. The summed E-state index contributed by atoms with van der Waals surface area (Å²) in [6.45, 7) is 18.0. The lowest BCUT2D eigenvalue weighted by Crippen LogP contribution is -2.71. The van der Waals surface area contributed by atoms with Crippen molar-refractivity contribution in [1.29, 1.82) is 0 Å². The maximum atomic E-state index is 13.6. The molecule has 9 aliphatic rings. The van der Waals surface area contributed by atoms with Crippen molar-refractivity contribution in [3.63, 3.8) is 0 Å². The van der Waals surface area contributed by atoms with Crippen LogP contribution in [0.15, 0.2) is 146 Å². The standard InChI is InChI=1S/3C26H31Cl2N3O2/c3*27-21-9-8-20(14-22(21)28)15-25(32)31-13-12-30(16-19-6-2-1-3-7-19)24-18-33-17-23(26(24)31)29-10-4-5-11-29/h3*1-3,6-9,14,23-24,26H,4-5,10-13,15-18H2/t3*23-,24+,26+/m100/s1. The number of amides is 3. The van der Waals surface area contributed by atoms with Crippen LogP contribution in [0, 0.1) is 0 Å². The van der Waals surface area contributed by atoms with Crippen LogP contribution in [-0.2, 0) is 67.5 Å². The van der Waals surface area contributed by atoms with Gasteiger partial charge in [-0.3, -0.25) is 43.8 Å². The second kappa shape index (κ2) is 34.6. The minimum Gasteiger partial charge on any atom is -0.378 e. The molecule has 3 amide bonds. The van der Waals surface area contributed by atoms with Crippen LogP contribution < -0.4 is 0 Å². The minimum absolute atomic E-state index is 0.129. The van der Waals surface area contributed by atoms with Crippen molar-refractivity contribution in [1.82, 2.24) is 44.1 Å². The van der Waals surface area contributed by atoms with Gasteiger partial charge in [-0.05, 0) is 148 Å². The Morgan fingerprint density at radius 1 is 0.293 bits per heavy atom. The maximum absolute atomic E-state index is 13.6. The molecular weight excluding hydrogens is 1370 g/mol. The Bertz CT molecular complexity index is 3280. The Hall–Kier alpha value is -4.89. The maximum Gasteiger partial charge on any atom is 0.227 e. The zero-order valence-corrected chi connectivity index (χ0v) is 61.0. The Morgan fingerprint density at radius 2 is 0.545 bits per heavy atom. The monoisotopic (exact) mass is 1460 g/mol. The van der Waals surface area contributed by atoms with Gasteiger partial charge in [0.25, 0.3) is 0 Å². The van der Waals surface area contributed by atoms with Gasteiger partial charge in [-0.2, -0.15) is 0 Å². The van der Waals surface area contributed by atoms with Crippen LogP contribution in [0.1, 0.15) is 71.9 Å². The van der Waals surface area contributed by atoms with Gasteiger partial charge in [0.05, 0.1) is 143 Å². The van der Waals surface area contributed by atoms with Gasteiger partial charge in [0.2, 0.25) is 17.7 Å². The first-order valence-corrected chi connectivity index (χ1v) is 38.1. The second-order valence-corrected chi connectivity index (χ2v) is 30.6. The van der Waals surface area contributed by atoms with Gasteiger partial charge in [-0.25, -0.2) is 0 Å². The second-order valence-electron chi connectivity index (χ2n) is 28.1. The van der Waals surface area contributed by atoms with E-state index in [2.05, 4.69) is 135 Å². The molecule has 0 aliphatic carbocycles. The number of nitrogens with zero attached hydrogens (tertiary/aromatic N) is 9. The third-order valence-corrected chi connectivity index (χ3v) is 24.2. The number of carbonyl (C=O) groups excluding carboxylic acids is 3. The predicted molar refractivity (Wildman–Crippen MR) is 395 cm³/mol. The highest BCUT2D eigenvalue weighted by Crippen LogP contribution is 2.36. The zero-order valence-electron chi connectivity index (χ0n) is 56.5. The largest absolute Gasteiger partial charge is 0.378 e. The van der Waals surface area contributed by atoms with Crippen molar-refractivity contribution in [2.45, 2.75) is 132 Å². The topological polar surface area (TPSA) is 108 Å². The molecule has 0 bridgehead atoms. The highest BCUT2D eigenvalue weighted by atomic mass is 35.5. The third kappa shape index (κ3) is 17.8. The summed E-state index contributed by atoms with van der Waals surface area (Å²) in [6.07, 6.45) is 8.35. The first-order chi connectivity index (χ1) is 48.3. The molecule has 21 heteroatoms. The number of benzene rings is 6. The van der Waals surface area contributed by atoms with Gasteiger partial charge in [-0.15, -0.1) is 0 Å². The quantitative estimate of drug-likeness (QED) is 0.0977.